The first kappa shape index (κ1) is 17.5. The predicted molar refractivity (Wildman–Crippen MR) is 98.0 cm³/mol. The molecule has 2 aliphatic carbocycles. The van der Waals surface area contributed by atoms with Gasteiger partial charge in [-0.05, 0) is 99.7 Å². The quantitative estimate of drug-likeness (QED) is 0.587. The van der Waals surface area contributed by atoms with E-state index in [1.165, 1.54) is 56.9 Å². The van der Waals surface area contributed by atoms with Crippen LogP contribution in [0.5, 0.6) is 5.75 Å². The van der Waals surface area contributed by atoms with Crippen LogP contribution in [0, 0.1) is 17.8 Å². The SMILES string of the molecule is CCOc1ccc(C2CCC(C3CCC(/C=C/F)CC3)CC2)cc1. The lowest BCUT2D eigenvalue weighted by Gasteiger charge is -2.37. The molecule has 0 unspecified atom stereocenters. The predicted octanol–water partition coefficient (Wildman–Crippen LogP) is 6.65. The highest BCUT2D eigenvalue weighted by molar-refractivity contribution is 5.29. The van der Waals surface area contributed by atoms with Crippen molar-refractivity contribution in [3.05, 3.63) is 42.2 Å². The van der Waals surface area contributed by atoms with Gasteiger partial charge in [0.05, 0.1) is 12.9 Å². The molecule has 132 valence electrons. The molecule has 3 rings (SSSR count). The van der Waals surface area contributed by atoms with Crippen molar-refractivity contribution in [3.63, 3.8) is 0 Å². The van der Waals surface area contributed by atoms with E-state index in [1.807, 2.05) is 6.92 Å². The number of benzene rings is 1. The molecule has 2 heteroatoms. The number of hydrogen-bond donors (Lipinski definition) is 0. The molecule has 0 spiro atoms. The van der Waals surface area contributed by atoms with Crippen LogP contribution in [-0.2, 0) is 0 Å². The molecule has 0 heterocycles. The summed E-state index contributed by atoms with van der Waals surface area (Å²) in [6.07, 6.45) is 12.9. The molecule has 24 heavy (non-hydrogen) atoms. The smallest absolute Gasteiger partial charge is 0.119 e. The van der Waals surface area contributed by atoms with E-state index in [9.17, 15) is 4.39 Å². The standard InChI is InChI=1S/C22H31FO/c1-2-24-22-13-11-21(12-14-22)20-9-7-19(8-10-20)18-5-3-17(4-6-18)15-16-23/h11-20H,2-10H2,1H3/b16-15+. The van der Waals surface area contributed by atoms with Crippen molar-refractivity contribution in [1.82, 2.24) is 0 Å². The number of allylic oxidation sites excluding steroid dienone is 1. The van der Waals surface area contributed by atoms with Crippen molar-refractivity contribution in [2.24, 2.45) is 17.8 Å². The van der Waals surface area contributed by atoms with E-state index in [1.54, 1.807) is 6.08 Å². The molecule has 1 aromatic carbocycles. The molecule has 0 radical (unpaired) electrons. The maximum atomic E-state index is 12.3. The van der Waals surface area contributed by atoms with E-state index in [4.69, 9.17) is 4.74 Å². The Hall–Kier alpha value is -1.31. The summed E-state index contributed by atoms with van der Waals surface area (Å²) in [6, 6.07) is 8.74. The Balaban J connectivity index is 1.47. The molecule has 2 saturated carbocycles. The Labute approximate surface area is 146 Å². The van der Waals surface area contributed by atoms with Crippen molar-refractivity contribution in [2.45, 2.75) is 64.2 Å². The van der Waals surface area contributed by atoms with Gasteiger partial charge in [-0.15, -0.1) is 0 Å². The Morgan fingerprint density at radius 3 is 2.04 bits per heavy atom. The topological polar surface area (TPSA) is 9.23 Å². The van der Waals surface area contributed by atoms with Gasteiger partial charge in [0, 0.05) is 0 Å². The molecule has 1 aromatic rings. The highest BCUT2D eigenvalue weighted by atomic mass is 19.1. The fourth-order valence-electron chi connectivity index (χ4n) is 4.84. The highest BCUT2D eigenvalue weighted by Crippen LogP contribution is 2.44. The zero-order valence-electron chi connectivity index (χ0n) is 14.9. The average Bonchev–Trinajstić information content (AvgIpc) is 2.64. The van der Waals surface area contributed by atoms with Gasteiger partial charge in [-0.1, -0.05) is 18.2 Å². The van der Waals surface area contributed by atoms with Crippen LogP contribution in [-0.4, -0.2) is 6.61 Å². The van der Waals surface area contributed by atoms with Gasteiger partial charge >= 0.3 is 0 Å². The average molecular weight is 330 g/mol. The lowest BCUT2D eigenvalue weighted by atomic mass is 9.68. The molecule has 0 aromatic heterocycles. The monoisotopic (exact) mass is 330 g/mol. The molecule has 0 aliphatic heterocycles. The zero-order valence-corrected chi connectivity index (χ0v) is 14.9. The maximum Gasteiger partial charge on any atom is 0.119 e. The molecule has 0 atom stereocenters. The van der Waals surface area contributed by atoms with Crippen LogP contribution in [0.2, 0.25) is 0 Å². The van der Waals surface area contributed by atoms with E-state index in [2.05, 4.69) is 24.3 Å². The molecule has 1 nitrogen and oxygen atoms in total. The van der Waals surface area contributed by atoms with Gasteiger partial charge in [0.25, 0.3) is 0 Å². The van der Waals surface area contributed by atoms with E-state index in [-0.39, 0.29) is 0 Å². The molecule has 2 aliphatic rings. The minimum atomic E-state index is 0.492. The van der Waals surface area contributed by atoms with Crippen LogP contribution >= 0.6 is 0 Å². The van der Waals surface area contributed by atoms with Crippen LogP contribution in [0.1, 0.15) is 69.8 Å². The summed E-state index contributed by atoms with van der Waals surface area (Å²) in [5, 5.41) is 0. The van der Waals surface area contributed by atoms with E-state index < -0.39 is 0 Å². The third-order valence-electron chi connectivity index (χ3n) is 6.26. The largest absolute Gasteiger partial charge is 0.494 e. The third-order valence-corrected chi connectivity index (χ3v) is 6.26. The van der Waals surface area contributed by atoms with Crippen molar-refractivity contribution >= 4 is 0 Å². The van der Waals surface area contributed by atoms with Crippen molar-refractivity contribution < 1.29 is 9.13 Å². The lowest BCUT2D eigenvalue weighted by molar-refractivity contribution is 0.171. The van der Waals surface area contributed by atoms with Gasteiger partial charge in [0.15, 0.2) is 0 Å². The normalized spacial score (nSPS) is 31.2. The van der Waals surface area contributed by atoms with Crippen LogP contribution in [0.4, 0.5) is 4.39 Å². The Bertz CT molecular complexity index is 505. The molecular weight excluding hydrogens is 299 g/mol. The van der Waals surface area contributed by atoms with Gasteiger partial charge in [-0.2, -0.15) is 0 Å². The Morgan fingerprint density at radius 2 is 1.50 bits per heavy atom. The number of halogens is 1. The fraction of sp³-hybridized carbons (Fsp3) is 0.636. The highest BCUT2D eigenvalue weighted by Gasteiger charge is 2.30. The van der Waals surface area contributed by atoms with Crippen LogP contribution < -0.4 is 4.74 Å². The fourth-order valence-corrected chi connectivity index (χ4v) is 4.84. The van der Waals surface area contributed by atoms with Crippen LogP contribution in [0.15, 0.2) is 36.7 Å². The molecule has 0 bridgehead atoms. The van der Waals surface area contributed by atoms with Gasteiger partial charge in [0.1, 0.15) is 5.75 Å². The number of hydrogen-bond acceptors (Lipinski definition) is 1. The second-order valence-electron chi connectivity index (χ2n) is 7.61. The first-order valence-corrected chi connectivity index (χ1v) is 9.79. The minimum absolute atomic E-state index is 0.492. The van der Waals surface area contributed by atoms with Crippen LogP contribution in [0.25, 0.3) is 0 Å². The van der Waals surface area contributed by atoms with Gasteiger partial charge in [-0.3, -0.25) is 0 Å². The summed E-state index contributed by atoms with van der Waals surface area (Å²) in [5.41, 5.74) is 1.48. The van der Waals surface area contributed by atoms with E-state index in [0.717, 1.165) is 36.4 Å². The second-order valence-corrected chi connectivity index (χ2v) is 7.61. The maximum absolute atomic E-state index is 12.3. The first-order chi connectivity index (χ1) is 11.8. The number of ether oxygens (including phenoxy) is 1. The lowest BCUT2D eigenvalue weighted by Crippen LogP contribution is -2.25. The van der Waals surface area contributed by atoms with E-state index >= 15 is 0 Å². The van der Waals surface area contributed by atoms with Crippen LogP contribution in [0.3, 0.4) is 0 Å². The molecule has 0 N–H and O–H groups in total. The van der Waals surface area contributed by atoms with Gasteiger partial charge in [-0.25, -0.2) is 4.39 Å². The number of rotatable bonds is 5. The summed E-state index contributed by atoms with van der Waals surface area (Å²) in [5.74, 6) is 3.98. The van der Waals surface area contributed by atoms with Gasteiger partial charge in [0.2, 0.25) is 0 Å². The molecule has 0 amide bonds. The first-order valence-electron chi connectivity index (χ1n) is 9.79. The van der Waals surface area contributed by atoms with Crippen molar-refractivity contribution in [1.29, 1.82) is 0 Å². The molecule has 2 fully saturated rings. The summed E-state index contributed by atoms with van der Waals surface area (Å²) in [6.45, 7) is 2.75. The summed E-state index contributed by atoms with van der Waals surface area (Å²) >= 11 is 0. The van der Waals surface area contributed by atoms with Crippen molar-refractivity contribution in [3.8, 4) is 5.75 Å². The second kappa shape index (κ2) is 8.69. The summed E-state index contributed by atoms with van der Waals surface area (Å²) in [7, 11) is 0. The summed E-state index contributed by atoms with van der Waals surface area (Å²) in [4.78, 5) is 0. The molecular formula is C22H31FO. The summed E-state index contributed by atoms with van der Waals surface area (Å²) < 4.78 is 17.9. The molecule has 0 saturated heterocycles. The third kappa shape index (κ3) is 4.40. The minimum Gasteiger partial charge on any atom is -0.494 e. The van der Waals surface area contributed by atoms with Crippen molar-refractivity contribution in [2.75, 3.05) is 6.61 Å². The Morgan fingerprint density at radius 1 is 0.917 bits per heavy atom. The van der Waals surface area contributed by atoms with E-state index in [0.29, 0.717) is 5.92 Å². The Kier molecular flexibility index (Phi) is 6.34. The van der Waals surface area contributed by atoms with Gasteiger partial charge < -0.3 is 4.74 Å². The zero-order chi connectivity index (χ0) is 16.8.